The second-order valence-corrected chi connectivity index (χ2v) is 8.32. The Morgan fingerprint density at radius 2 is 1.82 bits per heavy atom. The van der Waals surface area contributed by atoms with E-state index in [1.54, 1.807) is 30.3 Å². The van der Waals surface area contributed by atoms with Gasteiger partial charge in [0.25, 0.3) is 0 Å². The van der Waals surface area contributed by atoms with E-state index in [2.05, 4.69) is 15.6 Å². The van der Waals surface area contributed by atoms with E-state index >= 15 is 0 Å². The number of rotatable bonds is 5. The SMILES string of the molecule is NC1NC(c2cc(Cl)cc(Cl)c2Cl)=CC(=NCCc2ccc(S(N)=O)cc2)N1. The van der Waals surface area contributed by atoms with Gasteiger partial charge in [0.15, 0.2) is 6.29 Å². The van der Waals surface area contributed by atoms with Crippen molar-refractivity contribution in [3.05, 3.63) is 68.7 Å². The van der Waals surface area contributed by atoms with Gasteiger partial charge in [-0.2, -0.15) is 0 Å². The first kappa shape index (κ1) is 21.1. The third kappa shape index (κ3) is 5.26. The number of halogens is 3. The fraction of sp³-hybridized carbons (Fsp3) is 0.167. The van der Waals surface area contributed by atoms with E-state index < -0.39 is 17.3 Å². The lowest BCUT2D eigenvalue weighted by atomic mass is 10.1. The molecule has 2 aromatic carbocycles. The molecule has 1 aliphatic rings. The van der Waals surface area contributed by atoms with Crippen molar-refractivity contribution in [1.29, 1.82) is 0 Å². The molecule has 0 fully saturated rings. The zero-order chi connectivity index (χ0) is 20.3. The minimum absolute atomic E-state index is 0.360. The Balaban J connectivity index is 1.76. The maximum absolute atomic E-state index is 11.2. The molecule has 0 saturated carbocycles. The van der Waals surface area contributed by atoms with Crippen LogP contribution in [0.3, 0.4) is 0 Å². The summed E-state index contributed by atoms with van der Waals surface area (Å²) in [5.41, 5.74) is 8.40. The Morgan fingerprint density at radius 3 is 2.50 bits per heavy atom. The molecule has 2 unspecified atom stereocenters. The van der Waals surface area contributed by atoms with Crippen molar-refractivity contribution in [3.63, 3.8) is 0 Å². The molecule has 0 amide bonds. The van der Waals surface area contributed by atoms with Crippen molar-refractivity contribution < 1.29 is 4.21 Å². The molecule has 3 rings (SSSR count). The normalized spacial score (nSPS) is 19.0. The standard InChI is InChI=1S/C18H18Cl3N5OS/c19-11-7-13(17(21)14(20)8-11)15-9-16(26-18(22)25-15)24-6-5-10-1-3-12(4-2-10)28(23)27/h1-4,7-9,18,25H,5-6,22-23H2,(H,24,26). The van der Waals surface area contributed by atoms with E-state index in [0.29, 0.717) is 50.0 Å². The summed E-state index contributed by atoms with van der Waals surface area (Å²) in [4.78, 5) is 5.14. The van der Waals surface area contributed by atoms with Gasteiger partial charge in [0.2, 0.25) is 0 Å². The largest absolute Gasteiger partial charge is 0.353 e. The Bertz CT molecular complexity index is 962. The average Bonchev–Trinajstić information content (AvgIpc) is 2.64. The maximum Gasteiger partial charge on any atom is 0.151 e. The highest BCUT2D eigenvalue weighted by atomic mass is 35.5. The first-order valence-electron chi connectivity index (χ1n) is 8.28. The Kier molecular flexibility index (Phi) is 6.98. The van der Waals surface area contributed by atoms with Gasteiger partial charge < -0.3 is 10.6 Å². The van der Waals surface area contributed by atoms with Crippen molar-refractivity contribution in [2.75, 3.05) is 6.54 Å². The zero-order valence-electron chi connectivity index (χ0n) is 14.6. The molecule has 0 radical (unpaired) electrons. The van der Waals surface area contributed by atoms with E-state index in [1.807, 2.05) is 12.1 Å². The monoisotopic (exact) mass is 457 g/mol. The van der Waals surface area contributed by atoms with Crippen molar-refractivity contribution >= 4 is 57.3 Å². The van der Waals surface area contributed by atoms with Crippen LogP contribution in [-0.4, -0.2) is 22.9 Å². The molecule has 10 heteroatoms. The summed E-state index contributed by atoms with van der Waals surface area (Å²) in [5.74, 6) is 0.619. The minimum Gasteiger partial charge on any atom is -0.353 e. The molecule has 1 heterocycles. The average molecular weight is 459 g/mol. The van der Waals surface area contributed by atoms with Crippen LogP contribution in [0.15, 0.2) is 52.4 Å². The van der Waals surface area contributed by atoms with Crippen LogP contribution >= 0.6 is 34.8 Å². The summed E-state index contributed by atoms with van der Waals surface area (Å²) in [6.07, 6.45) is 1.97. The van der Waals surface area contributed by atoms with Crippen LogP contribution in [0.5, 0.6) is 0 Å². The van der Waals surface area contributed by atoms with Crippen LogP contribution < -0.4 is 21.5 Å². The number of amidine groups is 1. The van der Waals surface area contributed by atoms with Crippen molar-refractivity contribution in [3.8, 4) is 0 Å². The number of benzene rings is 2. The van der Waals surface area contributed by atoms with Gasteiger partial charge in [0.1, 0.15) is 16.8 Å². The number of nitrogens with one attached hydrogen (secondary N) is 2. The Labute approximate surface area is 180 Å². The van der Waals surface area contributed by atoms with Gasteiger partial charge in [-0.1, -0.05) is 46.9 Å². The van der Waals surface area contributed by atoms with E-state index in [0.717, 1.165) is 5.56 Å². The highest BCUT2D eigenvalue weighted by Gasteiger charge is 2.18. The smallest absolute Gasteiger partial charge is 0.151 e. The molecule has 0 bridgehead atoms. The molecule has 0 saturated heterocycles. The summed E-state index contributed by atoms with van der Waals surface area (Å²) in [7, 11) is -1.47. The fourth-order valence-corrected chi connectivity index (χ4v) is 3.79. The predicted octanol–water partition coefficient (Wildman–Crippen LogP) is 3.05. The van der Waals surface area contributed by atoms with Gasteiger partial charge in [-0.3, -0.25) is 10.7 Å². The summed E-state index contributed by atoms with van der Waals surface area (Å²) in [6, 6.07) is 10.6. The topological polar surface area (TPSA) is 106 Å². The lowest BCUT2D eigenvalue weighted by Gasteiger charge is -2.26. The molecule has 0 spiro atoms. The Morgan fingerprint density at radius 1 is 1.11 bits per heavy atom. The van der Waals surface area contributed by atoms with Crippen molar-refractivity contribution in [1.82, 2.24) is 10.6 Å². The third-order valence-corrected chi connectivity index (χ3v) is 5.77. The first-order valence-corrected chi connectivity index (χ1v) is 10.6. The van der Waals surface area contributed by atoms with Gasteiger partial charge in [0, 0.05) is 28.9 Å². The van der Waals surface area contributed by atoms with Crippen LogP contribution in [0.4, 0.5) is 0 Å². The number of nitrogens with two attached hydrogens (primary N) is 2. The first-order chi connectivity index (χ1) is 13.3. The molecule has 6 N–H and O–H groups in total. The summed E-state index contributed by atoms with van der Waals surface area (Å²) in [6.45, 7) is 0.536. The van der Waals surface area contributed by atoms with E-state index in [-0.39, 0.29) is 0 Å². The second-order valence-electron chi connectivity index (χ2n) is 6.03. The molecular formula is C18H18Cl3N5OS. The number of hydrogen-bond acceptors (Lipinski definition) is 4. The van der Waals surface area contributed by atoms with Crippen LogP contribution in [0.25, 0.3) is 5.70 Å². The predicted molar refractivity (Wildman–Crippen MR) is 117 cm³/mol. The molecule has 0 aromatic heterocycles. The maximum atomic E-state index is 11.2. The summed E-state index contributed by atoms with van der Waals surface area (Å²) < 4.78 is 11.2. The molecule has 148 valence electrons. The van der Waals surface area contributed by atoms with Gasteiger partial charge in [-0.15, -0.1) is 0 Å². The quantitative estimate of drug-likeness (QED) is 0.517. The van der Waals surface area contributed by atoms with Gasteiger partial charge in [-0.25, -0.2) is 9.35 Å². The molecule has 2 aromatic rings. The number of hydrogen-bond donors (Lipinski definition) is 4. The van der Waals surface area contributed by atoms with E-state index in [1.165, 1.54) is 0 Å². The number of aliphatic imine (C=N–C) groups is 1. The molecule has 28 heavy (non-hydrogen) atoms. The lowest BCUT2D eigenvalue weighted by molar-refractivity contribution is 0.577. The summed E-state index contributed by atoms with van der Waals surface area (Å²) >= 11 is 18.5. The summed E-state index contributed by atoms with van der Waals surface area (Å²) in [5, 5.41) is 12.7. The van der Waals surface area contributed by atoms with Gasteiger partial charge in [0.05, 0.1) is 14.9 Å². The zero-order valence-corrected chi connectivity index (χ0v) is 17.7. The van der Waals surface area contributed by atoms with Crippen LogP contribution in [0.1, 0.15) is 11.1 Å². The molecular weight excluding hydrogens is 441 g/mol. The molecule has 2 atom stereocenters. The van der Waals surface area contributed by atoms with E-state index in [4.69, 9.17) is 45.7 Å². The molecule has 1 aliphatic heterocycles. The molecule has 0 aliphatic carbocycles. The molecule has 6 nitrogen and oxygen atoms in total. The van der Waals surface area contributed by atoms with Gasteiger partial charge in [-0.05, 0) is 36.2 Å². The number of nitrogens with zero attached hydrogens (tertiary/aromatic N) is 1. The Hall–Kier alpha value is -1.61. The minimum atomic E-state index is -1.47. The highest BCUT2D eigenvalue weighted by Crippen LogP contribution is 2.33. The van der Waals surface area contributed by atoms with Crippen LogP contribution in [0.2, 0.25) is 15.1 Å². The van der Waals surface area contributed by atoms with Crippen LogP contribution in [-0.2, 0) is 17.4 Å². The fourth-order valence-electron chi connectivity index (χ4n) is 2.68. The third-order valence-electron chi connectivity index (χ3n) is 4.02. The second kappa shape index (κ2) is 9.26. The lowest BCUT2D eigenvalue weighted by Crippen LogP contribution is -2.53. The van der Waals surface area contributed by atoms with Gasteiger partial charge >= 0.3 is 0 Å². The van der Waals surface area contributed by atoms with Crippen molar-refractivity contribution in [2.24, 2.45) is 15.9 Å². The van der Waals surface area contributed by atoms with Crippen molar-refractivity contribution in [2.45, 2.75) is 17.6 Å². The van der Waals surface area contributed by atoms with Crippen LogP contribution in [0, 0.1) is 0 Å². The van der Waals surface area contributed by atoms with E-state index in [9.17, 15) is 4.21 Å². The highest BCUT2D eigenvalue weighted by molar-refractivity contribution is 7.82.